The van der Waals surface area contributed by atoms with Gasteiger partial charge in [-0.2, -0.15) is 0 Å². The summed E-state index contributed by atoms with van der Waals surface area (Å²) in [5, 5.41) is 3.34. The summed E-state index contributed by atoms with van der Waals surface area (Å²) in [5.41, 5.74) is 6.45. The number of pyridine rings is 1. The van der Waals surface area contributed by atoms with Crippen molar-refractivity contribution in [3.05, 3.63) is 58.3 Å². The van der Waals surface area contributed by atoms with Gasteiger partial charge < -0.3 is 5.32 Å². The van der Waals surface area contributed by atoms with Gasteiger partial charge in [0.2, 0.25) is 0 Å². The van der Waals surface area contributed by atoms with Crippen molar-refractivity contribution in [2.45, 2.75) is 6.17 Å². The topological polar surface area (TPSA) is 75.3 Å². The number of aromatic nitrogens is 1. The summed E-state index contributed by atoms with van der Waals surface area (Å²) in [6.45, 7) is 0.536. The van der Waals surface area contributed by atoms with Crippen LogP contribution >= 0.6 is 15.9 Å². The summed E-state index contributed by atoms with van der Waals surface area (Å²) in [5.74, 6) is 5.54. The van der Waals surface area contributed by atoms with E-state index in [1.165, 1.54) is 0 Å². The highest BCUT2D eigenvalue weighted by atomic mass is 79.9. The van der Waals surface area contributed by atoms with Crippen molar-refractivity contribution in [3.8, 4) is 0 Å². The molecule has 1 aromatic carbocycles. The Kier molecular flexibility index (Phi) is 3.77. The van der Waals surface area contributed by atoms with Crippen molar-refractivity contribution < 1.29 is 0 Å². The monoisotopic (exact) mass is 331 g/mol. The lowest BCUT2D eigenvalue weighted by Gasteiger charge is -2.16. The van der Waals surface area contributed by atoms with Crippen molar-refractivity contribution in [2.24, 2.45) is 10.8 Å². The molecule has 102 valence electrons. The molecule has 2 heterocycles. The average molecular weight is 332 g/mol. The third kappa shape index (κ3) is 2.58. The summed E-state index contributed by atoms with van der Waals surface area (Å²) in [6.07, 6.45) is 1.66. The third-order valence-corrected chi connectivity index (χ3v) is 3.60. The molecule has 0 saturated carbocycles. The molecule has 1 unspecified atom stereocenters. The van der Waals surface area contributed by atoms with E-state index in [1.807, 2.05) is 36.4 Å². The van der Waals surface area contributed by atoms with Crippen molar-refractivity contribution >= 4 is 27.3 Å². The largest absolute Gasteiger partial charge is 0.367 e. The number of aliphatic imine (C=N–C) groups is 1. The first-order chi connectivity index (χ1) is 9.78. The molecule has 1 aliphatic heterocycles. The number of nitrogens with zero attached hydrogens (tertiary/aromatic N) is 2. The van der Waals surface area contributed by atoms with Gasteiger partial charge in [0.05, 0.1) is 18.0 Å². The van der Waals surface area contributed by atoms with E-state index in [2.05, 4.69) is 36.6 Å². The molecule has 1 aliphatic rings. The van der Waals surface area contributed by atoms with E-state index in [9.17, 15) is 0 Å². The number of hydrogen-bond donors (Lipinski definition) is 3. The smallest absolute Gasteiger partial charge is 0.109 e. The highest BCUT2D eigenvalue weighted by Crippen LogP contribution is 2.26. The number of anilines is 1. The Labute approximate surface area is 125 Å². The molecule has 6 heteroatoms. The number of hydrazine groups is 1. The Morgan fingerprint density at radius 1 is 1.30 bits per heavy atom. The van der Waals surface area contributed by atoms with Crippen LogP contribution in [0.25, 0.3) is 0 Å². The van der Waals surface area contributed by atoms with Crippen LogP contribution in [0.3, 0.4) is 0 Å². The minimum Gasteiger partial charge on any atom is -0.367 e. The van der Waals surface area contributed by atoms with Gasteiger partial charge in [-0.15, -0.1) is 0 Å². The first-order valence-corrected chi connectivity index (χ1v) is 7.05. The number of halogens is 1. The van der Waals surface area contributed by atoms with Crippen LogP contribution in [0.2, 0.25) is 0 Å². The molecule has 5 nitrogen and oxygen atoms in total. The van der Waals surface area contributed by atoms with Gasteiger partial charge in [0.1, 0.15) is 6.17 Å². The quantitative estimate of drug-likeness (QED) is 0.580. The zero-order chi connectivity index (χ0) is 13.9. The standard InChI is InChI=1S/C14H14BrN5/c15-9-4-5-10-12(7-9)19-13(20-16)8-18-14(10)11-3-1-2-6-17-11/h1-7,13,19-20H,8,16H2. The van der Waals surface area contributed by atoms with E-state index in [4.69, 9.17) is 5.84 Å². The summed E-state index contributed by atoms with van der Waals surface area (Å²) in [6, 6.07) is 11.9. The predicted octanol–water partition coefficient (Wildman–Crippen LogP) is 1.90. The van der Waals surface area contributed by atoms with Crippen LogP contribution in [0.1, 0.15) is 11.3 Å². The van der Waals surface area contributed by atoms with E-state index >= 15 is 0 Å². The Bertz CT molecular complexity index is 641. The summed E-state index contributed by atoms with van der Waals surface area (Å²) in [4.78, 5) is 9.04. The molecule has 1 aromatic heterocycles. The van der Waals surface area contributed by atoms with Gasteiger partial charge in [0.15, 0.2) is 0 Å². The van der Waals surface area contributed by atoms with Crippen molar-refractivity contribution in [1.29, 1.82) is 0 Å². The Morgan fingerprint density at radius 2 is 2.20 bits per heavy atom. The van der Waals surface area contributed by atoms with Crippen LogP contribution in [0.15, 0.2) is 52.1 Å². The number of nitrogens with two attached hydrogens (primary N) is 1. The van der Waals surface area contributed by atoms with Gasteiger partial charge in [-0.3, -0.25) is 15.8 Å². The maximum Gasteiger partial charge on any atom is 0.109 e. The lowest BCUT2D eigenvalue weighted by Crippen LogP contribution is -2.42. The number of rotatable bonds is 2. The molecule has 3 rings (SSSR count). The summed E-state index contributed by atoms with van der Waals surface area (Å²) < 4.78 is 1.00. The van der Waals surface area contributed by atoms with E-state index < -0.39 is 0 Å². The second kappa shape index (κ2) is 5.70. The van der Waals surface area contributed by atoms with Crippen LogP contribution in [-0.2, 0) is 0 Å². The molecule has 1 atom stereocenters. The third-order valence-electron chi connectivity index (χ3n) is 3.11. The molecule has 0 bridgehead atoms. The van der Waals surface area contributed by atoms with Gasteiger partial charge in [0, 0.05) is 21.9 Å². The van der Waals surface area contributed by atoms with Crippen molar-refractivity contribution in [1.82, 2.24) is 10.4 Å². The number of hydrogen-bond acceptors (Lipinski definition) is 5. The summed E-state index contributed by atoms with van der Waals surface area (Å²) >= 11 is 3.49. The Morgan fingerprint density at radius 3 is 2.95 bits per heavy atom. The van der Waals surface area contributed by atoms with E-state index in [0.717, 1.165) is 27.1 Å². The fourth-order valence-electron chi connectivity index (χ4n) is 2.16. The molecule has 4 N–H and O–H groups in total. The number of benzene rings is 1. The molecular formula is C14H14BrN5. The number of benzodiazepines with no additional fused rings is 1. The molecule has 2 aromatic rings. The average Bonchev–Trinajstić information content (AvgIpc) is 2.66. The zero-order valence-corrected chi connectivity index (χ0v) is 12.3. The van der Waals surface area contributed by atoms with Crippen LogP contribution in [0.5, 0.6) is 0 Å². The second-order valence-electron chi connectivity index (χ2n) is 4.46. The van der Waals surface area contributed by atoms with Crippen LogP contribution in [0, 0.1) is 0 Å². The SMILES string of the molecule is NNC1CN=C(c2ccccn2)c2ccc(Br)cc2N1. The number of fused-ring (bicyclic) bond motifs is 1. The number of nitrogens with one attached hydrogen (secondary N) is 2. The van der Waals surface area contributed by atoms with Gasteiger partial charge in [-0.1, -0.05) is 22.0 Å². The van der Waals surface area contributed by atoms with Crippen molar-refractivity contribution in [2.75, 3.05) is 11.9 Å². The minimum atomic E-state index is -0.107. The van der Waals surface area contributed by atoms with Gasteiger partial charge in [0.25, 0.3) is 0 Å². The summed E-state index contributed by atoms with van der Waals surface area (Å²) in [7, 11) is 0. The molecule has 0 aliphatic carbocycles. The molecule has 0 spiro atoms. The Balaban J connectivity index is 2.12. The van der Waals surface area contributed by atoms with E-state index in [-0.39, 0.29) is 6.17 Å². The van der Waals surface area contributed by atoms with Gasteiger partial charge >= 0.3 is 0 Å². The Hall–Kier alpha value is -1.76. The predicted molar refractivity (Wildman–Crippen MR) is 83.6 cm³/mol. The van der Waals surface area contributed by atoms with Gasteiger partial charge in [-0.05, 0) is 30.3 Å². The second-order valence-corrected chi connectivity index (χ2v) is 5.37. The molecule has 0 radical (unpaired) electrons. The lowest BCUT2D eigenvalue weighted by molar-refractivity contribution is 0.595. The fourth-order valence-corrected chi connectivity index (χ4v) is 2.52. The van der Waals surface area contributed by atoms with Crippen LogP contribution < -0.4 is 16.6 Å². The normalized spacial score (nSPS) is 17.7. The first kappa shape index (κ1) is 13.2. The maximum absolute atomic E-state index is 5.54. The molecular weight excluding hydrogens is 318 g/mol. The fraction of sp³-hybridized carbons (Fsp3) is 0.143. The lowest BCUT2D eigenvalue weighted by atomic mass is 10.0. The van der Waals surface area contributed by atoms with E-state index in [1.54, 1.807) is 6.20 Å². The highest BCUT2D eigenvalue weighted by Gasteiger charge is 2.19. The molecule has 0 amide bonds. The molecule has 0 saturated heterocycles. The minimum absolute atomic E-state index is 0.107. The van der Waals surface area contributed by atoms with Crippen LogP contribution in [0.4, 0.5) is 5.69 Å². The first-order valence-electron chi connectivity index (χ1n) is 6.26. The molecule has 0 fully saturated rings. The van der Waals surface area contributed by atoms with Crippen LogP contribution in [-0.4, -0.2) is 23.4 Å². The molecule has 20 heavy (non-hydrogen) atoms. The highest BCUT2D eigenvalue weighted by molar-refractivity contribution is 9.10. The zero-order valence-electron chi connectivity index (χ0n) is 10.7. The maximum atomic E-state index is 5.54. The van der Waals surface area contributed by atoms with Gasteiger partial charge in [-0.25, -0.2) is 5.43 Å². The van der Waals surface area contributed by atoms with Crippen molar-refractivity contribution in [3.63, 3.8) is 0 Å². The van der Waals surface area contributed by atoms with E-state index in [0.29, 0.717) is 6.54 Å².